The predicted octanol–water partition coefficient (Wildman–Crippen LogP) is 6.73. The largest absolute Gasteiger partial charge is 0.423 e. The Labute approximate surface area is 226 Å². The molecule has 40 heavy (non-hydrogen) atoms. The Kier molecular flexibility index (Phi) is 6.15. The van der Waals surface area contributed by atoms with E-state index < -0.39 is 28.9 Å². The average molecular weight is 561 g/mol. The quantitative estimate of drug-likeness (QED) is 0.180. The Balaban J connectivity index is 1.46. The molecule has 0 spiro atoms. The summed E-state index contributed by atoms with van der Waals surface area (Å²) in [5, 5.41) is 1.42. The van der Waals surface area contributed by atoms with Gasteiger partial charge in [0, 0.05) is 22.9 Å². The van der Waals surface area contributed by atoms with Crippen molar-refractivity contribution < 1.29 is 26.8 Å². The fourth-order valence-corrected chi connectivity index (χ4v) is 5.17. The molecule has 5 aromatic rings. The molecule has 0 atom stereocenters. The third-order valence-corrected chi connectivity index (χ3v) is 6.98. The van der Waals surface area contributed by atoms with Crippen LogP contribution in [-0.2, 0) is 11.0 Å². The molecule has 2 aromatic heterocycles. The number of aliphatic imine (C=N–C) groups is 1. The van der Waals surface area contributed by atoms with Crippen LogP contribution in [0.2, 0.25) is 0 Å². The van der Waals surface area contributed by atoms with E-state index in [0.29, 0.717) is 33.3 Å². The zero-order valence-electron chi connectivity index (χ0n) is 20.1. The minimum absolute atomic E-state index is 0.157. The van der Waals surface area contributed by atoms with Crippen molar-refractivity contribution in [3.8, 4) is 0 Å². The van der Waals surface area contributed by atoms with Crippen LogP contribution < -0.4 is 16.2 Å². The van der Waals surface area contributed by atoms with Crippen molar-refractivity contribution >= 4 is 62.2 Å². The zero-order valence-corrected chi connectivity index (χ0v) is 21.0. The van der Waals surface area contributed by atoms with Crippen molar-refractivity contribution in [1.82, 2.24) is 0 Å². The van der Waals surface area contributed by atoms with E-state index in [1.54, 1.807) is 48.5 Å². The first kappa shape index (κ1) is 25.4. The number of benzene rings is 3. The molecule has 1 fully saturated rings. The van der Waals surface area contributed by atoms with Crippen LogP contribution in [0.3, 0.4) is 0 Å². The first-order chi connectivity index (χ1) is 19.1. The monoisotopic (exact) mass is 560 g/mol. The minimum Gasteiger partial charge on any atom is -0.423 e. The van der Waals surface area contributed by atoms with E-state index in [0.717, 1.165) is 23.9 Å². The summed E-state index contributed by atoms with van der Waals surface area (Å²) in [4.78, 5) is 42.9. The molecule has 1 aliphatic heterocycles. The Morgan fingerprint density at radius 3 is 2.15 bits per heavy atom. The Hall–Kier alpha value is -4.90. The van der Waals surface area contributed by atoms with Gasteiger partial charge in [-0.1, -0.05) is 12.1 Å². The maximum Gasteiger partial charge on any atom is 0.416 e. The Morgan fingerprint density at radius 1 is 0.775 bits per heavy atom. The third kappa shape index (κ3) is 4.94. The smallest absolute Gasteiger partial charge is 0.416 e. The van der Waals surface area contributed by atoms with Crippen molar-refractivity contribution in [2.24, 2.45) is 4.99 Å². The number of hydrogen-bond acceptors (Lipinski definition) is 7. The number of alkyl halides is 3. The number of hydrogen-bond donors (Lipinski definition) is 0. The molecule has 0 radical (unpaired) electrons. The van der Waals surface area contributed by atoms with Crippen molar-refractivity contribution in [3.63, 3.8) is 0 Å². The predicted molar refractivity (Wildman–Crippen MR) is 147 cm³/mol. The van der Waals surface area contributed by atoms with E-state index >= 15 is 0 Å². The zero-order chi connectivity index (χ0) is 28.0. The van der Waals surface area contributed by atoms with Crippen LogP contribution in [0.25, 0.3) is 28.0 Å². The maximum absolute atomic E-state index is 13.6. The van der Waals surface area contributed by atoms with E-state index in [2.05, 4.69) is 4.99 Å². The summed E-state index contributed by atoms with van der Waals surface area (Å²) in [5.41, 5.74) is -0.0882. The molecule has 0 saturated carbocycles. The van der Waals surface area contributed by atoms with Crippen LogP contribution in [0, 0.1) is 0 Å². The fraction of sp³-hybridized carbons (Fsp3) is 0.0345. The van der Waals surface area contributed by atoms with E-state index in [1.165, 1.54) is 35.2 Å². The van der Waals surface area contributed by atoms with Gasteiger partial charge in [0.05, 0.1) is 21.8 Å². The number of halogens is 3. The van der Waals surface area contributed by atoms with E-state index in [4.69, 9.17) is 8.83 Å². The van der Waals surface area contributed by atoms with Crippen LogP contribution >= 0.6 is 11.8 Å². The van der Waals surface area contributed by atoms with Gasteiger partial charge in [0.1, 0.15) is 11.2 Å². The van der Waals surface area contributed by atoms with Crippen LogP contribution in [0.4, 0.5) is 24.5 Å². The van der Waals surface area contributed by atoms with Gasteiger partial charge in [0.2, 0.25) is 0 Å². The second-order valence-corrected chi connectivity index (χ2v) is 9.73. The Morgan fingerprint density at radius 2 is 1.45 bits per heavy atom. The summed E-state index contributed by atoms with van der Waals surface area (Å²) >= 11 is 1.000. The van der Waals surface area contributed by atoms with Crippen molar-refractivity contribution in [1.29, 1.82) is 0 Å². The SMILES string of the molecule is O=C1/C(=C/c2cccc(C(F)(F)F)c2)SC(=Nc2ccc3oc(=O)ccc3c2)N1c1ccc2oc(=O)ccc2c1. The summed E-state index contributed by atoms with van der Waals surface area (Å²) in [5.74, 6) is -0.496. The summed E-state index contributed by atoms with van der Waals surface area (Å²) < 4.78 is 50.1. The summed E-state index contributed by atoms with van der Waals surface area (Å²) in [6.45, 7) is 0. The van der Waals surface area contributed by atoms with E-state index in [1.807, 2.05) is 0 Å². The van der Waals surface area contributed by atoms with Gasteiger partial charge in [-0.05, 0) is 84.1 Å². The van der Waals surface area contributed by atoms with Gasteiger partial charge in [-0.25, -0.2) is 14.6 Å². The summed E-state index contributed by atoms with van der Waals surface area (Å²) in [6.07, 6.45) is -3.15. The molecule has 1 amide bonds. The van der Waals surface area contributed by atoms with Crippen molar-refractivity contribution in [3.05, 3.63) is 122 Å². The lowest BCUT2D eigenvalue weighted by atomic mass is 10.1. The lowest BCUT2D eigenvalue weighted by molar-refractivity contribution is -0.137. The number of amidine groups is 1. The van der Waals surface area contributed by atoms with Crippen LogP contribution in [0.15, 0.2) is 113 Å². The van der Waals surface area contributed by atoms with Gasteiger partial charge in [0.15, 0.2) is 5.17 Å². The van der Waals surface area contributed by atoms with Gasteiger partial charge in [0.25, 0.3) is 5.91 Å². The van der Waals surface area contributed by atoms with Gasteiger partial charge in [-0.15, -0.1) is 0 Å². The van der Waals surface area contributed by atoms with Crippen LogP contribution in [-0.4, -0.2) is 11.1 Å². The molecule has 11 heteroatoms. The molecule has 1 saturated heterocycles. The fourth-order valence-electron chi connectivity index (χ4n) is 4.17. The molecule has 198 valence electrons. The van der Waals surface area contributed by atoms with E-state index in [9.17, 15) is 27.6 Å². The molecule has 1 aliphatic rings. The van der Waals surface area contributed by atoms with Crippen LogP contribution in [0.5, 0.6) is 0 Å². The molecule has 3 aromatic carbocycles. The highest BCUT2D eigenvalue weighted by atomic mass is 32.2. The number of rotatable bonds is 3. The number of amides is 1. The number of anilines is 1. The standard InChI is InChI=1S/C29H15F3N2O5S/c30-29(31,32)19-3-1-2-16(12-19)13-24-27(37)34(21-7-9-23-18(15-21)5-11-26(36)39-23)28(40-24)33-20-6-8-22-17(14-20)4-10-25(35)38-22/h1-15H/b24-13-,33-28?. The van der Waals surface area contributed by atoms with Gasteiger partial charge in [-0.3, -0.25) is 9.69 Å². The van der Waals surface area contributed by atoms with Gasteiger partial charge >= 0.3 is 17.4 Å². The topological polar surface area (TPSA) is 93.1 Å². The molecule has 0 N–H and O–H groups in total. The number of nitrogens with zero attached hydrogens (tertiary/aromatic N) is 2. The highest BCUT2D eigenvalue weighted by Crippen LogP contribution is 2.39. The molecular weight excluding hydrogens is 545 g/mol. The lowest BCUT2D eigenvalue weighted by Gasteiger charge is -2.16. The second kappa shape index (κ2) is 9.69. The highest BCUT2D eigenvalue weighted by Gasteiger charge is 2.35. The third-order valence-electron chi connectivity index (χ3n) is 6.01. The second-order valence-electron chi connectivity index (χ2n) is 8.72. The maximum atomic E-state index is 13.6. The molecule has 6 rings (SSSR count). The molecule has 0 aliphatic carbocycles. The highest BCUT2D eigenvalue weighted by molar-refractivity contribution is 8.19. The first-order valence-corrected chi connectivity index (χ1v) is 12.5. The summed E-state index contributed by atoms with van der Waals surface area (Å²) in [7, 11) is 0. The number of thioether (sulfide) groups is 1. The molecule has 3 heterocycles. The van der Waals surface area contributed by atoms with Crippen molar-refractivity contribution in [2.75, 3.05) is 4.90 Å². The molecule has 0 unspecified atom stereocenters. The number of carbonyl (C=O) groups is 1. The number of fused-ring (bicyclic) bond motifs is 2. The first-order valence-electron chi connectivity index (χ1n) is 11.7. The van der Waals surface area contributed by atoms with Crippen molar-refractivity contribution in [2.45, 2.75) is 6.18 Å². The average Bonchev–Trinajstić information content (AvgIpc) is 3.22. The molecular formula is C29H15F3N2O5S. The minimum atomic E-state index is -4.53. The molecule has 0 bridgehead atoms. The van der Waals surface area contributed by atoms with E-state index in [-0.39, 0.29) is 15.6 Å². The summed E-state index contributed by atoms with van der Waals surface area (Å²) in [6, 6.07) is 20.0. The van der Waals surface area contributed by atoms with Gasteiger partial charge in [-0.2, -0.15) is 13.2 Å². The lowest BCUT2D eigenvalue weighted by Crippen LogP contribution is -2.28. The van der Waals surface area contributed by atoms with Gasteiger partial charge < -0.3 is 8.83 Å². The number of carbonyl (C=O) groups excluding carboxylic acids is 1. The normalized spacial score (nSPS) is 16.1. The Bertz CT molecular complexity index is 2010. The molecule has 7 nitrogen and oxygen atoms in total. The van der Waals surface area contributed by atoms with Crippen LogP contribution in [0.1, 0.15) is 11.1 Å².